The number of hydrogen-bond donors (Lipinski definition) is 1. The quantitative estimate of drug-likeness (QED) is 0.774. The second-order valence-electron chi connectivity index (χ2n) is 5.17. The molecule has 0 saturated carbocycles. The number of amides is 1. The third-order valence-corrected chi connectivity index (χ3v) is 3.44. The van der Waals surface area contributed by atoms with E-state index in [-0.39, 0.29) is 23.5 Å². The van der Waals surface area contributed by atoms with Gasteiger partial charge in [0.1, 0.15) is 12.9 Å². The summed E-state index contributed by atoms with van der Waals surface area (Å²) in [7, 11) is 0. The van der Waals surface area contributed by atoms with Crippen LogP contribution >= 0.6 is 0 Å². The van der Waals surface area contributed by atoms with Crippen LogP contribution in [0.1, 0.15) is 12.5 Å². The summed E-state index contributed by atoms with van der Waals surface area (Å²) in [6.07, 6.45) is 1.34. The molecule has 0 aliphatic rings. The van der Waals surface area contributed by atoms with Gasteiger partial charge in [-0.15, -0.1) is 5.10 Å². The second-order valence-corrected chi connectivity index (χ2v) is 5.17. The van der Waals surface area contributed by atoms with Crippen LogP contribution in [0.4, 0.5) is 5.69 Å². The number of hydrogen-bond acceptors (Lipinski definition) is 5. The summed E-state index contributed by atoms with van der Waals surface area (Å²) >= 11 is 0. The smallest absolute Gasteiger partial charge is 0.283 e. The van der Waals surface area contributed by atoms with Crippen LogP contribution in [0.3, 0.4) is 0 Å². The van der Waals surface area contributed by atoms with Gasteiger partial charge in [0.15, 0.2) is 11.2 Å². The average molecular weight is 312 g/mol. The summed E-state index contributed by atoms with van der Waals surface area (Å²) in [5.41, 5.74) is 1.99. The Balaban J connectivity index is 1.81. The maximum absolute atomic E-state index is 12.3. The Bertz CT molecular complexity index is 910. The fraction of sp³-hybridized carbons (Fsp3) is 0.267. The van der Waals surface area contributed by atoms with Gasteiger partial charge in [-0.2, -0.15) is 0 Å². The Kier molecular flexibility index (Phi) is 3.88. The number of rotatable bonds is 4. The van der Waals surface area contributed by atoms with E-state index in [0.717, 1.165) is 5.56 Å². The highest BCUT2D eigenvalue weighted by Crippen LogP contribution is 2.08. The standard InChI is InChI=1S/C15H16N6O2/c1-3-21-14-13(18-19-21)15(23)20(9-16-14)8-12(22)17-11-6-4-10(2)5-7-11/h4-7,9H,3,8H2,1-2H3,(H,17,22). The molecule has 23 heavy (non-hydrogen) atoms. The fourth-order valence-corrected chi connectivity index (χ4v) is 2.20. The molecule has 0 saturated heterocycles. The van der Waals surface area contributed by atoms with Gasteiger partial charge in [0.05, 0.1) is 0 Å². The lowest BCUT2D eigenvalue weighted by Gasteiger charge is -2.07. The molecule has 118 valence electrons. The Morgan fingerprint density at radius 3 is 2.70 bits per heavy atom. The highest BCUT2D eigenvalue weighted by molar-refractivity contribution is 5.90. The van der Waals surface area contributed by atoms with Crippen LogP contribution in [-0.4, -0.2) is 30.5 Å². The molecule has 1 aromatic carbocycles. The molecule has 0 fully saturated rings. The van der Waals surface area contributed by atoms with Crippen molar-refractivity contribution in [2.45, 2.75) is 26.9 Å². The summed E-state index contributed by atoms with van der Waals surface area (Å²) in [6.45, 7) is 4.29. The molecule has 0 spiro atoms. The molecular formula is C15H16N6O2. The first kappa shape index (κ1) is 14.9. The van der Waals surface area contributed by atoms with Gasteiger partial charge in [-0.25, -0.2) is 9.67 Å². The summed E-state index contributed by atoms with van der Waals surface area (Å²) in [5.74, 6) is -0.306. The van der Waals surface area contributed by atoms with E-state index in [2.05, 4.69) is 20.6 Å². The molecule has 0 radical (unpaired) electrons. The number of fused-ring (bicyclic) bond motifs is 1. The second kappa shape index (κ2) is 5.99. The van der Waals surface area contributed by atoms with E-state index in [9.17, 15) is 9.59 Å². The highest BCUT2D eigenvalue weighted by atomic mass is 16.2. The maximum atomic E-state index is 12.3. The molecule has 0 aliphatic heterocycles. The molecule has 8 heteroatoms. The minimum atomic E-state index is -0.381. The zero-order valence-electron chi connectivity index (χ0n) is 12.9. The van der Waals surface area contributed by atoms with Crippen LogP contribution in [0.25, 0.3) is 11.2 Å². The van der Waals surface area contributed by atoms with Crippen LogP contribution in [0.5, 0.6) is 0 Å². The van der Waals surface area contributed by atoms with E-state index >= 15 is 0 Å². The zero-order chi connectivity index (χ0) is 16.4. The van der Waals surface area contributed by atoms with Crippen molar-refractivity contribution < 1.29 is 4.79 Å². The molecule has 1 amide bonds. The molecule has 0 aliphatic carbocycles. The third kappa shape index (κ3) is 2.96. The number of aromatic nitrogens is 5. The van der Waals surface area contributed by atoms with E-state index in [4.69, 9.17) is 0 Å². The van der Waals surface area contributed by atoms with Gasteiger partial charge < -0.3 is 5.32 Å². The van der Waals surface area contributed by atoms with Crippen molar-refractivity contribution in [3.8, 4) is 0 Å². The Hall–Kier alpha value is -3.03. The van der Waals surface area contributed by atoms with Gasteiger partial charge in [-0.05, 0) is 26.0 Å². The van der Waals surface area contributed by atoms with Crippen molar-refractivity contribution in [3.63, 3.8) is 0 Å². The Morgan fingerprint density at radius 1 is 1.26 bits per heavy atom. The minimum absolute atomic E-state index is 0.130. The van der Waals surface area contributed by atoms with E-state index in [1.807, 2.05) is 38.1 Å². The average Bonchev–Trinajstić information content (AvgIpc) is 2.96. The van der Waals surface area contributed by atoms with Gasteiger partial charge in [-0.1, -0.05) is 22.9 Å². The molecule has 8 nitrogen and oxygen atoms in total. The number of aryl methyl sites for hydroxylation is 2. The predicted octanol–water partition coefficient (Wildman–Crippen LogP) is 0.955. The SMILES string of the molecule is CCn1nnc2c(=O)n(CC(=O)Nc3ccc(C)cc3)cnc21. The molecule has 0 bridgehead atoms. The molecule has 3 rings (SSSR count). The summed E-state index contributed by atoms with van der Waals surface area (Å²) in [6, 6.07) is 7.42. The highest BCUT2D eigenvalue weighted by Gasteiger charge is 2.13. The molecular weight excluding hydrogens is 296 g/mol. The molecule has 2 aromatic heterocycles. The monoisotopic (exact) mass is 312 g/mol. The van der Waals surface area contributed by atoms with Crippen LogP contribution in [0, 0.1) is 6.92 Å². The van der Waals surface area contributed by atoms with E-state index < -0.39 is 0 Å². The molecule has 0 unspecified atom stereocenters. The first-order chi connectivity index (χ1) is 11.1. The van der Waals surface area contributed by atoms with Crippen molar-refractivity contribution >= 4 is 22.8 Å². The molecule has 3 aromatic rings. The molecule has 2 heterocycles. The first-order valence-corrected chi connectivity index (χ1v) is 7.23. The van der Waals surface area contributed by atoms with Gasteiger partial charge in [0, 0.05) is 12.2 Å². The van der Waals surface area contributed by atoms with Crippen LogP contribution < -0.4 is 10.9 Å². The fourth-order valence-electron chi connectivity index (χ4n) is 2.20. The van der Waals surface area contributed by atoms with Crippen molar-refractivity contribution in [3.05, 3.63) is 46.5 Å². The summed E-state index contributed by atoms with van der Waals surface area (Å²) < 4.78 is 2.76. The normalized spacial score (nSPS) is 10.9. The lowest BCUT2D eigenvalue weighted by molar-refractivity contribution is -0.116. The van der Waals surface area contributed by atoms with Gasteiger partial charge >= 0.3 is 0 Å². The number of carbonyl (C=O) groups excluding carboxylic acids is 1. The lowest BCUT2D eigenvalue weighted by atomic mass is 10.2. The Morgan fingerprint density at radius 2 is 2.00 bits per heavy atom. The number of benzene rings is 1. The zero-order valence-corrected chi connectivity index (χ0v) is 12.9. The van der Waals surface area contributed by atoms with Gasteiger partial charge in [0.2, 0.25) is 5.91 Å². The number of nitrogens with one attached hydrogen (secondary N) is 1. The largest absolute Gasteiger partial charge is 0.325 e. The first-order valence-electron chi connectivity index (χ1n) is 7.23. The van der Waals surface area contributed by atoms with Crippen molar-refractivity contribution in [1.82, 2.24) is 24.5 Å². The van der Waals surface area contributed by atoms with Gasteiger partial charge in [0.25, 0.3) is 5.56 Å². The van der Waals surface area contributed by atoms with Gasteiger partial charge in [-0.3, -0.25) is 14.2 Å². The maximum Gasteiger partial charge on any atom is 0.283 e. The van der Waals surface area contributed by atoms with Crippen LogP contribution in [-0.2, 0) is 17.9 Å². The number of carbonyl (C=O) groups is 1. The van der Waals surface area contributed by atoms with E-state index in [1.54, 1.807) is 0 Å². The van der Waals surface area contributed by atoms with Crippen molar-refractivity contribution in [2.75, 3.05) is 5.32 Å². The summed E-state index contributed by atoms with van der Waals surface area (Å²) in [5, 5.41) is 10.4. The topological polar surface area (TPSA) is 94.7 Å². The van der Waals surface area contributed by atoms with Crippen molar-refractivity contribution in [2.24, 2.45) is 0 Å². The van der Waals surface area contributed by atoms with E-state index in [0.29, 0.717) is 17.9 Å². The molecule has 0 atom stereocenters. The number of anilines is 1. The summed E-state index contributed by atoms with van der Waals surface area (Å²) in [4.78, 5) is 28.6. The molecule has 1 N–H and O–H groups in total. The number of nitrogens with zero attached hydrogens (tertiary/aromatic N) is 5. The van der Waals surface area contributed by atoms with E-state index in [1.165, 1.54) is 15.6 Å². The predicted molar refractivity (Wildman–Crippen MR) is 85.1 cm³/mol. The van der Waals surface area contributed by atoms with Crippen LogP contribution in [0.15, 0.2) is 35.4 Å². The van der Waals surface area contributed by atoms with Crippen LogP contribution in [0.2, 0.25) is 0 Å². The Labute approximate surface area is 131 Å². The third-order valence-electron chi connectivity index (χ3n) is 3.44. The lowest BCUT2D eigenvalue weighted by Crippen LogP contribution is -2.28. The van der Waals surface area contributed by atoms with Crippen molar-refractivity contribution in [1.29, 1.82) is 0 Å². The minimum Gasteiger partial charge on any atom is -0.325 e.